The first-order valence-corrected chi connectivity index (χ1v) is 5.84. The number of rotatable bonds is 4. The largest absolute Gasteiger partial charge is 0.310 e. The average Bonchev–Trinajstić information content (AvgIpc) is 2.67. The van der Waals surface area contributed by atoms with E-state index in [0.717, 1.165) is 25.2 Å². The molecule has 0 spiro atoms. The van der Waals surface area contributed by atoms with Crippen molar-refractivity contribution in [1.82, 2.24) is 15.1 Å². The van der Waals surface area contributed by atoms with Crippen molar-refractivity contribution in [2.45, 2.75) is 19.9 Å². The third kappa shape index (κ3) is 2.66. The number of hydrogen-bond donors (Lipinski definition) is 1. The van der Waals surface area contributed by atoms with Crippen LogP contribution in [0, 0.1) is 11.8 Å². The molecular formula is C14H17N3. The lowest BCUT2D eigenvalue weighted by atomic mass is 10.2. The molecule has 2 rings (SSSR count). The molecule has 3 nitrogen and oxygen atoms in total. The fourth-order valence-corrected chi connectivity index (χ4v) is 1.90. The van der Waals surface area contributed by atoms with Crippen LogP contribution in [0.4, 0.5) is 0 Å². The molecule has 3 heteroatoms. The molecule has 0 radical (unpaired) electrons. The van der Waals surface area contributed by atoms with Gasteiger partial charge in [-0.05, 0) is 13.0 Å². The van der Waals surface area contributed by atoms with Crippen LogP contribution in [0.15, 0.2) is 24.3 Å². The first-order chi connectivity index (χ1) is 8.33. The third-order valence-corrected chi connectivity index (χ3v) is 2.73. The molecule has 0 aliphatic heterocycles. The third-order valence-electron chi connectivity index (χ3n) is 2.73. The lowest BCUT2D eigenvalue weighted by Crippen LogP contribution is -2.14. The topological polar surface area (TPSA) is 29.9 Å². The summed E-state index contributed by atoms with van der Waals surface area (Å²) in [5, 5.41) is 9.12. The summed E-state index contributed by atoms with van der Waals surface area (Å²) < 4.78 is 1.93. The standard InChI is InChI=1S/C14H17N3/c1-3-4-7-10-15-11-13-12-8-5-6-9-14(12)17(2)16-13/h5-6,8-9,15H,7,10-11H2,1-2H3. The van der Waals surface area contributed by atoms with E-state index in [1.807, 2.05) is 24.7 Å². The molecule has 17 heavy (non-hydrogen) atoms. The number of benzene rings is 1. The molecule has 1 aromatic carbocycles. The molecule has 88 valence electrons. The Morgan fingerprint density at radius 2 is 2.18 bits per heavy atom. The summed E-state index contributed by atoms with van der Waals surface area (Å²) in [6, 6.07) is 8.30. The summed E-state index contributed by atoms with van der Waals surface area (Å²) in [7, 11) is 1.98. The van der Waals surface area contributed by atoms with Crippen LogP contribution >= 0.6 is 0 Å². The summed E-state index contributed by atoms with van der Waals surface area (Å²) in [6.07, 6.45) is 0.890. The zero-order valence-electron chi connectivity index (χ0n) is 10.3. The monoisotopic (exact) mass is 227 g/mol. The molecule has 0 amide bonds. The van der Waals surface area contributed by atoms with E-state index in [1.165, 1.54) is 10.9 Å². The molecule has 0 aliphatic carbocycles. The molecule has 0 saturated heterocycles. The van der Waals surface area contributed by atoms with E-state index in [2.05, 4.69) is 40.5 Å². The van der Waals surface area contributed by atoms with Gasteiger partial charge in [0.05, 0.1) is 11.2 Å². The van der Waals surface area contributed by atoms with Crippen molar-refractivity contribution in [3.63, 3.8) is 0 Å². The SMILES string of the molecule is CC#CCCNCc1nn(C)c2ccccc12. The van der Waals surface area contributed by atoms with Crippen LogP contribution in [0.5, 0.6) is 0 Å². The fraction of sp³-hybridized carbons (Fsp3) is 0.357. The van der Waals surface area contributed by atoms with E-state index < -0.39 is 0 Å². The first kappa shape index (κ1) is 11.7. The Hall–Kier alpha value is -1.79. The molecule has 0 aliphatic rings. The minimum Gasteiger partial charge on any atom is -0.310 e. The Kier molecular flexibility index (Phi) is 3.79. The molecule has 0 atom stereocenters. The summed E-state index contributed by atoms with van der Waals surface area (Å²) >= 11 is 0. The maximum absolute atomic E-state index is 4.53. The molecule has 1 N–H and O–H groups in total. The van der Waals surface area contributed by atoms with E-state index in [1.54, 1.807) is 0 Å². The quantitative estimate of drug-likeness (QED) is 0.640. The molecule has 0 bridgehead atoms. The van der Waals surface area contributed by atoms with Gasteiger partial charge in [-0.15, -0.1) is 11.8 Å². The number of fused-ring (bicyclic) bond motifs is 1. The van der Waals surface area contributed by atoms with Gasteiger partial charge in [-0.25, -0.2) is 0 Å². The van der Waals surface area contributed by atoms with E-state index >= 15 is 0 Å². The summed E-state index contributed by atoms with van der Waals surface area (Å²) in [4.78, 5) is 0. The maximum Gasteiger partial charge on any atom is 0.0841 e. The van der Waals surface area contributed by atoms with Gasteiger partial charge in [0.2, 0.25) is 0 Å². The Morgan fingerprint density at radius 3 is 3.00 bits per heavy atom. The van der Waals surface area contributed by atoms with Gasteiger partial charge in [0.1, 0.15) is 0 Å². The van der Waals surface area contributed by atoms with Crippen LogP contribution in [0.25, 0.3) is 10.9 Å². The first-order valence-electron chi connectivity index (χ1n) is 5.84. The number of nitrogens with zero attached hydrogens (tertiary/aromatic N) is 2. The smallest absolute Gasteiger partial charge is 0.0841 e. The highest BCUT2D eigenvalue weighted by molar-refractivity contribution is 5.81. The van der Waals surface area contributed by atoms with Crippen LogP contribution in [0.3, 0.4) is 0 Å². The van der Waals surface area contributed by atoms with Crippen LogP contribution in [0.1, 0.15) is 19.0 Å². The van der Waals surface area contributed by atoms with Gasteiger partial charge in [-0.1, -0.05) is 18.2 Å². The van der Waals surface area contributed by atoms with Gasteiger partial charge < -0.3 is 5.32 Å². The molecule has 1 aromatic heterocycles. The average molecular weight is 227 g/mol. The zero-order valence-corrected chi connectivity index (χ0v) is 10.3. The Morgan fingerprint density at radius 1 is 1.35 bits per heavy atom. The van der Waals surface area contributed by atoms with Crippen LogP contribution in [-0.4, -0.2) is 16.3 Å². The summed E-state index contributed by atoms with van der Waals surface area (Å²) in [5.74, 6) is 5.93. The summed E-state index contributed by atoms with van der Waals surface area (Å²) in [5.41, 5.74) is 2.28. The normalized spacial score (nSPS) is 10.2. The van der Waals surface area contributed by atoms with Gasteiger partial charge in [0, 0.05) is 31.9 Å². The number of para-hydroxylation sites is 1. The van der Waals surface area contributed by atoms with Crippen molar-refractivity contribution in [2.24, 2.45) is 7.05 Å². The molecule has 0 unspecified atom stereocenters. The second kappa shape index (κ2) is 5.51. The van der Waals surface area contributed by atoms with Crippen molar-refractivity contribution >= 4 is 10.9 Å². The molecule has 1 heterocycles. The van der Waals surface area contributed by atoms with Crippen molar-refractivity contribution in [3.8, 4) is 11.8 Å². The lowest BCUT2D eigenvalue weighted by Gasteiger charge is -1.99. The van der Waals surface area contributed by atoms with Crippen LogP contribution in [-0.2, 0) is 13.6 Å². The highest BCUT2D eigenvalue weighted by Crippen LogP contribution is 2.16. The predicted octanol–water partition coefficient (Wildman–Crippen LogP) is 2.08. The second-order valence-corrected chi connectivity index (χ2v) is 3.94. The van der Waals surface area contributed by atoms with E-state index in [-0.39, 0.29) is 0 Å². The van der Waals surface area contributed by atoms with Crippen LogP contribution < -0.4 is 5.32 Å². The fourth-order valence-electron chi connectivity index (χ4n) is 1.90. The van der Waals surface area contributed by atoms with E-state index in [9.17, 15) is 0 Å². The number of hydrogen-bond acceptors (Lipinski definition) is 2. The minimum absolute atomic E-state index is 0.798. The zero-order chi connectivity index (χ0) is 12.1. The molecular weight excluding hydrogens is 210 g/mol. The molecule has 0 saturated carbocycles. The Bertz CT molecular complexity index is 558. The van der Waals surface area contributed by atoms with Crippen molar-refractivity contribution in [3.05, 3.63) is 30.0 Å². The maximum atomic E-state index is 4.53. The van der Waals surface area contributed by atoms with Gasteiger partial charge in [-0.3, -0.25) is 4.68 Å². The van der Waals surface area contributed by atoms with Gasteiger partial charge in [-0.2, -0.15) is 5.10 Å². The number of nitrogens with one attached hydrogen (secondary N) is 1. The highest BCUT2D eigenvalue weighted by atomic mass is 15.3. The van der Waals surface area contributed by atoms with Crippen molar-refractivity contribution in [1.29, 1.82) is 0 Å². The Balaban J connectivity index is 2.05. The lowest BCUT2D eigenvalue weighted by molar-refractivity contribution is 0.668. The van der Waals surface area contributed by atoms with Crippen molar-refractivity contribution in [2.75, 3.05) is 6.54 Å². The summed E-state index contributed by atoms with van der Waals surface area (Å²) in [6.45, 7) is 3.57. The van der Waals surface area contributed by atoms with Gasteiger partial charge in [0.15, 0.2) is 0 Å². The second-order valence-electron chi connectivity index (χ2n) is 3.94. The van der Waals surface area contributed by atoms with Crippen LogP contribution in [0.2, 0.25) is 0 Å². The minimum atomic E-state index is 0.798. The Labute approximate surface area is 102 Å². The van der Waals surface area contributed by atoms with E-state index in [4.69, 9.17) is 0 Å². The van der Waals surface area contributed by atoms with E-state index in [0.29, 0.717) is 0 Å². The predicted molar refractivity (Wildman–Crippen MR) is 70.5 cm³/mol. The number of aryl methyl sites for hydroxylation is 1. The number of aromatic nitrogens is 2. The molecule has 0 fully saturated rings. The van der Waals surface area contributed by atoms with Gasteiger partial charge >= 0.3 is 0 Å². The molecule has 2 aromatic rings. The highest BCUT2D eigenvalue weighted by Gasteiger charge is 2.06. The van der Waals surface area contributed by atoms with Gasteiger partial charge in [0.25, 0.3) is 0 Å². The van der Waals surface area contributed by atoms with Crippen molar-refractivity contribution < 1.29 is 0 Å².